The minimum absolute atomic E-state index is 0.0380. The zero-order valence-electron chi connectivity index (χ0n) is 32.9. The lowest BCUT2D eigenvalue weighted by Crippen LogP contribution is -2.59. The minimum atomic E-state index is -0.594. The van der Waals surface area contributed by atoms with Gasteiger partial charge in [-0.05, 0) is 109 Å². The van der Waals surface area contributed by atoms with E-state index in [0.717, 1.165) is 50.5 Å². The van der Waals surface area contributed by atoms with E-state index in [2.05, 4.69) is 51.1 Å². The smallest absolute Gasteiger partial charge is 0.306 e. The van der Waals surface area contributed by atoms with E-state index in [0.29, 0.717) is 18.4 Å². The van der Waals surface area contributed by atoms with Gasteiger partial charge in [0.2, 0.25) is 0 Å². The first-order chi connectivity index (χ1) is 25.0. The Morgan fingerprint density at radius 3 is 2.25 bits per heavy atom. The van der Waals surface area contributed by atoms with Gasteiger partial charge in [0, 0.05) is 39.2 Å². The fourth-order valence-corrected chi connectivity index (χ4v) is 10.4. The highest BCUT2D eigenvalue weighted by Crippen LogP contribution is 2.54. The van der Waals surface area contributed by atoms with Gasteiger partial charge in [-0.1, -0.05) is 32.1 Å². The molecule has 3 aliphatic carbocycles. The van der Waals surface area contributed by atoms with Crippen LogP contribution in [-0.2, 0) is 47.5 Å². The Kier molecular flexibility index (Phi) is 13.4. The number of nitrogens with zero attached hydrogens (tertiary/aromatic N) is 1. The number of likely N-dealkylation sites (N-methyl/N-ethyl adjacent to an activating group) is 1. The third kappa shape index (κ3) is 8.27. The van der Waals surface area contributed by atoms with Crippen LogP contribution in [0.15, 0.2) is 23.8 Å². The number of fused-ring (bicyclic) bond motifs is 5. The molecule has 3 aliphatic heterocycles. The molecule has 0 aromatic carbocycles. The summed E-state index contributed by atoms with van der Waals surface area (Å²) in [6, 6.07) is 0.339. The number of ether oxygens (including phenoxy) is 8. The van der Waals surface area contributed by atoms with E-state index in [1.807, 2.05) is 13.8 Å². The van der Waals surface area contributed by atoms with Crippen LogP contribution in [0.4, 0.5) is 0 Å². The Balaban J connectivity index is 1.20. The maximum Gasteiger partial charge on any atom is 0.306 e. The highest BCUT2D eigenvalue weighted by Gasteiger charge is 2.52. The summed E-state index contributed by atoms with van der Waals surface area (Å²) in [7, 11) is 9.15. The molecule has 3 heterocycles. The zero-order chi connectivity index (χ0) is 37.3. The molecule has 0 amide bonds. The van der Waals surface area contributed by atoms with Gasteiger partial charge in [0.05, 0.1) is 30.8 Å². The van der Waals surface area contributed by atoms with Crippen molar-refractivity contribution in [2.24, 2.45) is 35.5 Å². The Bertz CT molecular complexity index is 1290. The first kappa shape index (κ1) is 40.0. The number of carbonyl (C=O) groups excluding carboxylic acids is 2. The number of carbonyl (C=O) groups is 2. The largest absolute Gasteiger partial charge is 0.462 e. The number of hydrogen-bond donors (Lipinski definition) is 0. The van der Waals surface area contributed by atoms with Crippen molar-refractivity contribution >= 4 is 11.8 Å². The quantitative estimate of drug-likeness (QED) is 0.222. The molecule has 0 radical (unpaired) electrons. The maximum atomic E-state index is 14.7. The van der Waals surface area contributed by atoms with E-state index in [9.17, 15) is 9.59 Å². The molecule has 0 bridgehead atoms. The summed E-state index contributed by atoms with van der Waals surface area (Å²) in [5.41, 5.74) is 0.763. The lowest BCUT2D eigenvalue weighted by molar-refractivity contribution is -0.314. The fraction of sp³-hybridized carbons (Fsp3) is 0.854. The lowest BCUT2D eigenvalue weighted by Gasteiger charge is -2.44. The van der Waals surface area contributed by atoms with Crippen molar-refractivity contribution in [2.75, 3.05) is 35.4 Å². The van der Waals surface area contributed by atoms with Crippen LogP contribution in [-0.4, -0.2) is 120 Å². The predicted octanol–water partition coefficient (Wildman–Crippen LogP) is 5.49. The van der Waals surface area contributed by atoms with E-state index < -0.39 is 12.4 Å². The second kappa shape index (κ2) is 17.4. The second-order valence-electron chi connectivity index (χ2n) is 16.5. The van der Waals surface area contributed by atoms with Crippen molar-refractivity contribution in [3.8, 4) is 0 Å². The van der Waals surface area contributed by atoms with Gasteiger partial charge in [-0.25, -0.2) is 0 Å². The van der Waals surface area contributed by atoms with Crippen LogP contribution >= 0.6 is 0 Å². The van der Waals surface area contributed by atoms with Gasteiger partial charge in [0.1, 0.15) is 24.4 Å². The van der Waals surface area contributed by atoms with Gasteiger partial charge >= 0.3 is 5.97 Å². The highest BCUT2D eigenvalue weighted by atomic mass is 16.7. The molecule has 1 saturated carbocycles. The monoisotopic (exact) mass is 731 g/mol. The second-order valence-corrected chi connectivity index (χ2v) is 16.5. The molecule has 52 heavy (non-hydrogen) atoms. The first-order valence-corrected chi connectivity index (χ1v) is 20.0. The minimum Gasteiger partial charge on any atom is -0.462 e. The van der Waals surface area contributed by atoms with Gasteiger partial charge in [-0.15, -0.1) is 0 Å². The van der Waals surface area contributed by atoms with Crippen molar-refractivity contribution in [1.82, 2.24) is 4.90 Å². The molecule has 294 valence electrons. The molecule has 11 nitrogen and oxygen atoms in total. The molecule has 6 aliphatic rings. The van der Waals surface area contributed by atoms with Crippen LogP contribution in [0.2, 0.25) is 0 Å². The standard InChI is InChI=1S/C41H65NO10/c1-10-26-12-11-13-34(52-36-17-16-33(42(5)6)23(3)48-36)22(2)37(44)32-20-30-28(31(32)21-35(43)50-26)15-14-25-18-27(19-29(25)30)51-41-40(47-9)39(46-8)38(45-7)24(4)49-41/h14-15,20,22-31,33-34,36,38-41H,10-13,16-19,21H2,1-9H3/t22-,23-,24?,25-,26+,27-,28-,29-,30-,31+,33+,34+,36+,38+,39?,40?,41+/m1/s1. The van der Waals surface area contributed by atoms with Gasteiger partial charge < -0.3 is 42.8 Å². The summed E-state index contributed by atoms with van der Waals surface area (Å²) in [5, 5.41) is 0. The summed E-state index contributed by atoms with van der Waals surface area (Å²) in [5.74, 6) is 0.0198. The average molecular weight is 732 g/mol. The van der Waals surface area contributed by atoms with Gasteiger partial charge in [0.25, 0.3) is 0 Å². The van der Waals surface area contributed by atoms with Crippen LogP contribution in [0.3, 0.4) is 0 Å². The number of esters is 1. The molecule has 17 atom stereocenters. The number of rotatable bonds is 9. The van der Waals surface area contributed by atoms with Crippen LogP contribution < -0.4 is 0 Å². The zero-order valence-corrected chi connectivity index (χ0v) is 32.9. The summed E-state index contributed by atoms with van der Waals surface area (Å²) in [6.07, 6.45) is 10.8. The summed E-state index contributed by atoms with van der Waals surface area (Å²) in [6.45, 7) is 8.17. The topological polar surface area (TPSA) is 111 Å². The Labute approximate surface area is 311 Å². The number of Topliss-reactive ketones (excluding diaryl/α,β-unsaturated/α-hetero) is 1. The summed E-state index contributed by atoms with van der Waals surface area (Å²) in [4.78, 5) is 30.4. The van der Waals surface area contributed by atoms with E-state index in [4.69, 9.17) is 37.9 Å². The van der Waals surface area contributed by atoms with Crippen molar-refractivity contribution in [3.63, 3.8) is 0 Å². The van der Waals surface area contributed by atoms with Crippen LogP contribution in [0.25, 0.3) is 0 Å². The molecule has 3 saturated heterocycles. The molecule has 0 aromatic rings. The molecule has 0 spiro atoms. The predicted molar refractivity (Wildman–Crippen MR) is 194 cm³/mol. The van der Waals surface area contributed by atoms with E-state index >= 15 is 0 Å². The van der Waals surface area contributed by atoms with Gasteiger partial charge in [-0.2, -0.15) is 0 Å². The van der Waals surface area contributed by atoms with E-state index in [-0.39, 0.29) is 96.8 Å². The van der Waals surface area contributed by atoms with Crippen LogP contribution in [0.1, 0.15) is 85.5 Å². The van der Waals surface area contributed by atoms with Gasteiger partial charge in [-0.3, -0.25) is 9.59 Å². The fourth-order valence-electron chi connectivity index (χ4n) is 10.4. The molecule has 3 unspecified atom stereocenters. The third-order valence-electron chi connectivity index (χ3n) is 13.3. The van der Waals surface area contributed by atoms with E-state index in [1.165, 1.54) is 0 Å². The van der Waals surface area contributed by atoms with Crippen LogP contribution in [0.5, 0.6) is 0 Å². The normalized spacial score (nSPS) is 45.7. The van der Waals surface area contributed by atoms with Crippen LogP contribution in [0, 0.1) is 35.5 Å². The molecule has 4 fully saturated rings. The lowest BCUT2D eigenvalue weighted by atomic mass is 9.70. The molecule has 11 heteroatoms. The third-order valence-corrected chi connectivity index (χ3v) is 13.3. The summed E-state index contributed by atoms with van der Waals surface area (Å²) >= 11 is 0. The first-order valence-electron chi connectivity index (χ1n) is 20.0. The number of methoxy groups -OCH3 is 3. The number of cyclic esters (lactones) is 1. The molecular formula is C41H65NO10. The van der Waals surface area contributed by atoms with Crippen molar-refractivity contribution in [3.05, 3.63) is 23.8 Å². The SMILES string of the molecule is CC[C@H]1CCC[C@H](O[C@H]2CC[C@H](N(C)C)[C@@H](C)O2)[C@@H](C)C(=O)C2=C[C@@H]3[C@@H](C=C[C@@H]4C[C@@H](O[C@@H]5OC(C)[C@H](OC)C(OC)C5OC)C[C@@H]34)[C@@H]2CC(=O)O1. The summed E-state index contributed by atoms with van der Waals surface area (Å²) < 4.78 is 49.5. The highest BCUT2D eigenvalue weighted by molar-refractivity contribution is 5.99. The Morgan fingerprint density at radius 1 is 0.827 bits per heavy atom. The van der Waals surface area contributed by atoms with E-state index in [1.54, 1.807) is 21.3 Å². The number of ketones is 1. The van der Waals surface area contributed by atoms with Crippen molar-refractivity contribution in [2.45, 2.75) is 153 Å². The van der Waals surface area contributed by atoms with Crippen molar-refractivity contribution < 1.29 is 47.5 Å². The number of allylic oxidation sites excluding steroid dienone is 4. The molecule has 6 rings (SSSR count). The number of hydrogen-bond acceptors (Lipinski definition) is 11. The Morgan fingerprint density at radius 2 is 1.58 bits per heavy atom. The Hall–Kier alpha value is -1.70. The molecule has 0 N–H and O–H groups in total. The van der Waals surface area contributed by atoms with Crippen molar-refractivity contribution in [1.29, 1.82) is 0 Å². The molecule has 0 aromatic heterocycles. The molecular weight excluding hydrogens is 666 g/mol. The maximum absolute atomic E-state index is 14.7. The average Bonchev–Trinajstić information content (AvgIpc) is 3.70. The van der Waals surface area contributed by atoms with Gasteiger partial charge in [0.15, 0.2) is 18.4 Å².